The molecule has 0 unspecified atom stereocenters. The lowest BCUT2D eigenvalue weighted by atomic mass is 10.0. The Morgan fingerprint density at radius 1 is 1.42 bits per heavy atom. The van der Waals surface area contributed by atoms with Crippen LogP contribution in [0.15, 0.2) is 18.2 Å². The van der Waals surface area contributed by atoms with Gasteiger partial charge in [-0.15, -0.1) is 0 Å². The van der Waals surface area contributed by atoms with Crippen LogP contribution < -0.4 is 15.8 Å². The minimum atomic E-state index is -0.0578. The molecule has 1 aromatic carbocycles. The topological polar surface area (TPSA) is 64.3 Å². The zero-order valence-electron chi connectivity index (χ0n) is 11.2. The Kier molecular flexibility index (Phi) is 2.88. The maximum atomic E-state index is 12.2. The van der Waals surface area contributed by atoms with Crippen LogP contribution >= 0.6 is 0 Å². The summed E-state index contributed by atoms with van der Waals surface area (Å²) >= 11 is 0. The van der Waals surface area contributed by atoms with E-state index in [1.54, 1.807) is 25.3 Å². The van der Waals surface area contributed by atoms with E-state index in [4.69, 9.17) is 10.5 Å². The van der Waals surface area contributed by atoms with Crippen LogP contribution in [0, 0.1) is 11.3 Å². The average Bonchev–Trinajstić information content (AvgIpc) is 3.27. The lowest BCUT2D eigenvalue weighted by Crippen LogP contribution is -2.31. The van der Waals surface area contributed by atoms with Crippen molar-refractivity contribution in [3.63, 3.8) is 0 Å². The minimum absolute atomic E-state index is 0.0578. The van der Waals surface area contributed by atoms with Crippen LogP contribution in [-0.4, -0.2) is 19.6 Å². The maximum Gasteiger partial charge on any atom is 0.251 e. The number of methoxy groups -OCH3 is 1. The van der Waals surface area contributed by atoms with Crippen LogP contribution in [-0.2, 0) is 0 Å². The standard InChI is InChI=1S/C15H20N2O2/c1-19-13-7-10(6-12(16)8-13)14(18)17-9-15(4-5-15)11-2-3-11/h6-8,11H,2-5,9,16H2,1H3,(H,17,18). The number of hydrogen-bond acceptors (Lipinski definition) is 3. The minimum Gasteiger partial charge on any atom is -0.497 e. The van der Waals surface area contributed by atoms with E-state index < -0.39 is 0 Å². The van der Waals surface area contributed by atoms with E-state index >= 15 is 0 Å². The summed E-state index contributed by atoms with van der Waals surface area (Å²) < 4.78 is 5.13. The smallest absolute Gasteiger partial charge is 0.251 e. The molecule has 4 nitrogen and oxygen atoms in total. The van der Waals surface area contributed by atoms with Crippen molar-refractivity contribution in [2.24, 2.45) is 11.3 Å². The van der Waals surface area contributed by atoms with E-state index in [1.165, 1.54) is 25.7 Å². The molecule has 2 fully saturated rings. The molecule has 2 aliphatic rings. The summed E-state index contributed by atoms with van der Waals surface area (Å²) in [5.74, 6) is 1.41. The summed E-state index contributed by atoms with van der Waals surface area (Å²) in [7, 11) is 1.57. The summed E-state index contributed by atoms with van der Waals surface area (Å²) in [4.78, 5) is 12.2. The average molecular weight is 260 g/mol. The molecule has 3 rings (SSSR count). The molecule has 0 spiro atoms. The largest absolute Gasteiger partial charge is 0.497 e. The molecule has 19 heavy (non-hydrogen) atoms. The third-order valence-electron chi connectivity index (χ3n) is 4.36. The summed E-state index contributed by atoms with van der Waals surface area (Å²) in [6.45, 7) is 0.799. The second kappa shape index (κ2) is 4.44. The Bertz CT molecular complexity index is 505. The lowest BCUT2D eigenvalue weighted by Gasteiger charge is -2.15. The molecule has 3 N–H and O–H groups in total. The first kappa shape index (κ1) is 12.3. The van der Waals surface area contributed by atoms with Gasteiger partial charge in [0.2, 0.25) is 0 Å². The van der Waals surface area contributed by atoms with Crippen molar-refractivity contribution in [3.8, 4) is 5.75 Å². The fourth-order valence-electron chi connectivity index (χ4n) is 2.82. The molecule has 102 valence electrons. The molecule has 0 bridgehead atoms. The zero-order valence-corrected chi connectivity index (χ0v) is 11.2. The molecule has 0 atom stereocenters. The number of rotatable bonds is 5. The van der Waals surface area contributed by atoms with E-state index in [0.29, 0.717) is 22.4 Å². The lowest BCUT2D eigenvalue weighted by molar-refractivity contribution is 0.0942. The van der Waals surface area contributed by atoms with E-state index in [0.717, 1.165) is 12.5 Å². The number of nitrogen functional groups attached to an aromatic ring is 1. The number of carbonyl (C=O) groups excluding carboxylic acids is 1. The van der Waals surface area contributed by atoms with Gasteiger partial charge in [-0.1, -0.05) is 0 Å². The molecule has 2 saturated carbocycles. The van der Waals surface area contributed by atoms with Crippen LogP contribution in [0.1, 0.15) is 36.0 Å². The van der Waals surface area contributed by atoms with Gasteiger partial charge >= 0.3 is 0 Å². The van der Waals surface area contributed by atoms with Crippen molar-refractivity contribution in [1.29, 1.82) is 0 Å². The number of benzene rings is 1. The SMILES string of the molecule is COc1cc(N)cc(C(=O)NCC2(C3CC3)CC2)c1. The highest BCUT2D eigenvalue weighted by molar-refractivity contribution is 5.95. The summed E-state index contributed by atoms with van der Waals surface area (Å²) in [5, 5.41) is 3.05. The van der Waals surface area contributed by atoms with E-state index in [1.807, 2.05) is 0 Å². The quantitative estimate of drug-likeness (QED) is 0.798. The number of hydrogen-bond donors (Lipinski definition) is 2. The molecule has 1 amide bonds. The molecule has 0 heterocycles. The third-order valence-corrected chi connectivity index (χ3v) is 4.36. The Labute approximate surface area is 113 Å². The number of ether oxygens (including phenoxy) is 1. The van der Waals surface area contributed by atoms with Gasteiger partial charge in [0.1, 0.15) is 5.75 Å². The van der Waals surface area contributed by atoms with Crippen molar-refractivity contribution in [2.75, 3.05) is 19.4 Å². The predicted octanol–water partition coefficient (Wildman–Crippen LogP) is 2.20. The summed E-state index contributed by atoms with van der Waals surface area (Å²) in [6, 6.07) is 5.13. The van der Waals surface area contributed by atoms with Crippen LogP contribution in [0.3, 0.4) is 0 Å². The van der Waals surface area contributed by atoms with Crippen LogP contribution in [0.25, 0.3) is 0 Å². The number of anilines is 1. The number of nitrogens with one attached hydrogen (secondary N) is 1. The monoisotopic (exact) mass is 260 g/mol. The highest BCUT2D eigenvalue weighted by Gasteiger charge is 2.53. The number of carbonyl (C=O) groups is 1. The fourth-order valence-corrected chi connectivity index (χ4v) is 2.82. The first-order valence-electron chi connectivity index (χ1n) is 6.86. The first-order chi connectivity index (χ1) is 9.13. The molecule has 2 aliphatic carbocycles. The van der Waals surface area contributed by atoms with Gasteiger partial charge in [-0.2, -0.15) is 0 Å². The Morgan fingerprint density at radius 3 is 2.74 bits per heavy atom. The fraction of sp³-hybridized carbons (Fsp3) is 0.533. The molecule has 0 aliphatic heterocycles. The molecule has 0 aromatic heterocycles. The van der Waals surface area contributed by atoms with Crippen molar-refractivity contribution < 1.29 is 9.53 Å². The van der Waals surface area contributed by atoms with Gasteiger partial charge in [-0.25, -0.2) is 0 Å². The summed E-state index contributed by atoms with van der Waals surface area (Å²) in [5.41, 5.74) is 7.30. The van der Waals surface area contributed by atoms with Crippen molar-refractivity contribution >= 4 is 11.6 Å². The Morgan fingerprint density at radius 2 is 2.16 bits per heavy atom. The van der Waals surface area contributed by atoms with Gasteiger partial charge in [0, 0.05) is 23.9 Å². The second-order valence-electron chi connectivity index (χ2n) is 5.81. The molecular weight excluding hydrogens is 240 g/mol. The molecule has 1 aromatic rings. The number of nitrogens with two attached hydrogens (primary N) is 1. The maximum absolute atomic E-state index is 12.2. The molecule has 4 heteroatoms. The highest BCUT2D eigenvalue weighted by atomic mass is 16.5. The van der Waals surface area contributed by atoms with Crippen molar-refractivity contribution in [1.82, 2.24) is 5.32 Å². The van der Waals surface area contributed by atoms with E-state index in [9.17, 15) is 4.79 Å². The van der Waals surface area contributed by atoms with Gasteiger partial charge < -0.3 is 15.8 Å². The molecule has 0 radical (unpaired) electrons. The van der Waals surface area contributed by atoms with E-state index in [-0.39, 0.29) is 5.91 Å². The van der Waals surface area contributed by atoms with Crippen LogP contribution in [0.4, 0.5) is 5.69 Å². The second-order valence-corrected chi connectivity index (χ2v) is 5.81. The molecular formula is C15H20N2O2. The Hall–Kier alpha value is -1.71. The van der Waals surface area contributed by atoms with Gasteiger partial charge in [-0.05, 0) is 49.1 Å². The van der Waals surface area contributed by atoms with Gasteiger partial charge in [0.15, 0.2) is 0 Å². The third kappa shape index (κ3) is 2.53. The van der Waals surface area contributed by atoms with Crippen molar-refractivity contribution in [2.45, 2.75) is 25.7 Å². The molecule has 0 saturated heterocycles. The van der Waals surface area contributed by atoms with Gasteiger partial charge in [0.25, 0.3) is 5.91 Å². The normalized spacial score (nSPS) is 19.8. The van der Waals surface area contributed by atoms with Crippen LogP contribution in [0.2, 0.25) is 0 Å². The zero-order chi connectivity index (χ0) is 13.5. The Balaban J connectivity index is 1.65. The number of amides is 1. The van der Waals surface area contributed by atoms with E-state index in [2.05, 4.69) is 5.32 Å². The van der Waals surface area contributed by atoms with Gasteiger partial charge in [-0.3, -0.25) is 4.79 Å². The van der Waals surface area contributed by atoms with Crippen molar-refractivity contribution in [3.05, 3.63) is 23.8 Å². The van der Waals surface area contributed by atoms with Crippen LogP contribution in [0.5, 0.6) is 5.75 Å². The predicted molar refractivity (Wildman–Crippen MR) is 74.1 cm³/mol. The first-order valence-corrected chi connectivity index (χ1v) is 6.86. The summed E-state index contributed by atoms with van der Waals surface area (Å²) in [6.07, 6.45) is 5.19. The highest BCUT2D eigenvalue weighted by Crippen LogP contribution is 2.60. The van der Waals surface area contributed by atoms with Gasteiger partial charge in [0.05, 0.1) is 7.11 Å².